The van der Waals surface area contributed by atoms with Crippen molar-refractivity contribution in [2.24, 2.45) is 0 Å². The summed E-state index contributed by atoms with van der Waals surface area (Å²) in [7, 11) is 0. The molecule has 2 rings (SSSR count). The average Bonchev–Trinajstić information content (AvgIpc) is 2.39. The SMILES string of the molecule is C[C@H](O)[C@H]1CCCCN1C(=O)[C@@H]1CCCCN1. The molecule has 0 aromatic rings. The number of carbonyl (C=O) groups is 1. The zero-order valence-corrected chi connectivity index (χ0v) is 10.7. The molecule has 0 unspecified atom stereocenters. The Hall–Kier alpha value is -0.610. The number of hydrogen-bond donors (Lipinski definition) is 2. The van der Waals surface area contributed by atoms with Crippen LogP contribution in [0.1, 0.15) is 45.4 Å². The predicted octanol–water partition coefficient (Wildman–Crippen LogP) is 0.890. The van der Waals surface area contributed by atoms with Crippen LogP contribution in [0.3, 0.4) is 0 Å². The Bertz CT molecular complexity index is 262. The Morgan fingerprint density at radius 1 is 1.29 bits per heavy atom. The lowest BCUT2D eigenvalue weighted by atomic mass is 9.95. The molecule has 4 nitrogen and oxygen atoms in total. The van der Waals surface area contributed by atoms with Gasteiger partial charge in [0.05, 0.1) is 18.2 Å². The molecule has 2 heterocycles. The molecule has 17 heavy (non-hydrogen) atoms. The van der Waals surface area contributed by atoms with Crippen LogP contribution in [0.25, 0.3) is 0 Å². The van der Waals surface area contributed by atoms with E-state index in [-0.39, 0.29) is 18.0 Å². The number of aliphatic hydroxyl groups excluding tert-OH is 1. The van der Waals surface area contributed by atoms with Crippen molar-refractivity contribution in [1.82, 2.24) is 10.2 Å². The van der Waals surface area contributed by atoms with E-state index in [9.17, 15) is 9.90 Å². The second-order valence-electron chi connectivity index (χ2n) is 5.34. The molecule has 1 amide bonds. The van der Waals surface area contributed by atoms with Crippen molar-refractivity contribution in [1.29, 1.82) is 0 Å². The second-order valence-corrected chi connectivity index (χ2v) is 5.34. The summed E-state index contributed by atoms with van der Waals surface area (Å²) in [6.07, 6.45) is 5.97. The molecule has 0 spiro atoms. The molecule has 0 saturated carbocycles. The van der Waals surface area contributed by atoms with E-state index in [1.807, 2.05) is 4.90 Å². The van der Waals surface area contributed by atoms with Crippen molar-refractivity contribution in [3.05, 3.63) is 0 Å². The molecule has 2 aliphatic heterocycles. The van der Waals surface area contributed by atoms with Gasteiger partial charge < -0.3 is 15.3 Å². The first kappa shape index (κ1) is 12.8. The van der Waals surface area contributed by atoms with Gasteiger partial charge in [0, 0.05) is 6.54 Å². The number of nitrogens with zero attached hydrogens (tertiary/aromatic N) is 1. The molecule has 2 saturated heterocycles. The quantitative estimate of drug-likeness (QED) is 0.753. The lowest BCUT2D eigenvalue weighted by Crippen LogP contribution is -2.56. The molecular weight excluding hydrogens is 216 g/mol. The van der Waals surface area contributed by atoms with E-state index in [0.717, 1.165) is 45.2 Å². The summed E-state index contributed by atoms with van der Waals surface area (Å²) < 4.78 is 0. The van der Waals surface area contributed by atoms with E-state index in [0.29, 0.717) is 0 Å². The van der Waals surface area contributed by atoms with Gasteiger partial charge in [0.2, 0.25) is 5.91 Å². The van der Waals surface area contributed by atoms with Gasteiger partial charge in [0.15, 0.2) is 0 Å². The van der Waals surface area contributed by atoms with Gasteiger partial charge in [0.1, 0.15) is 0 Å². The summed E-state index contributed by atoms with van der Waals surface area (Å²) in [5.41, 5.74) is 0. The van der Waals surface area contributed by atoms with Crippen molar-refractivity contribution in [3.63, 3.8) is 0 Å². The minimum atomic E-state index is -0.414. The standard InChI is InChI=1S/C13H24N2O2/c1-10(16)12-7-3-5-9-15(12)13(17)11-6-2-4-8-14-11/h10-12,14,16H,2-9H2,1H3/t10-,11-,12+/m0/s1. The Balaban J connectivity index is 1.99. The van der Waals surface area contributed by atoms with Crippen LogP contribution in [-0.2, 0) is 4.79 Å². The number of piperidine rings is 2. The number of amides is 1. The third kappa shape index (κ3) is 2.99. The molecular formula is C13H24N2O2. The van der Waals surface area contributed by atoms with Crippen molar-refractivity contribution in [2.75, 3.05) is 13.1 Å². The lowest BCUT2D eigenvalue weighted by molar-refractivity contribution is -0.140. The van der Waals surface area contributed by atoms with Gasteiger partial charge >= 0.3 is 0 Å². The van der Waals surface area contributed by atoms with E-state index in [1.165, 1.54) is 6.42 Å². The Morgan fingerprint density at radius 3 is 2.71 bits per heavy atom. The van der Waals surface area contributed by atoms with Gasteiger partial charge in [-0.2, -0.15) is 0 Å². The first-order chi connectivity index (χ1) is 8.20. The van der Waals surface area contributed by atoms with E-state index in [4.69, 9.17) is 0 Å². The van der Waals surface area contributed by atoms with Crippen LogP contribution >= 0.6 is 0 Å². The van der Waals surface area contributed by atoms with Gasteiger partial charge in [0.25, 0.3) is 0 Å². The van der Waals surface area contributed by atoms with Gasteiger partial charge in [-0.25, -0.2) is 0 Å². The molecule has 2 N–H and O–H groups in total. The first-order valence-corrected chi connectivity index (χ1v) is 6.92. The maximum Gasteiger partial charge on any atom is 0.240 e. The zero-order chi connectivity index (χ0) is 12.3. The van der Waals surface area contributed by atoms with Crippen LogP contribution in [0.4, 0.5) is 0 Å². The van der Waals surface area contributed by atoms with Crippen molar-refractivity contribution in [2.45, 2.75) is 63.6 Å². The summed E-state index contributed by atoms with van der Waals surface area (Å²) in [4.78, 5) is 14.3. The largest absolute Gasteiger partial charge is 0.391 e. The van der Waals surface area contributed by atoms with E-state index < -0.39 is 6.10 Å². The normalized spacial score (nSPS) is 32.2. The van der Waals surface area contributed by atoms with E-state index in [1.54, 1.807) is 6.92 Å². The maximum atomic E-state index is 12.4. The van der Waals surface area contributed by atoms with Gasteiger partial charge in [-0.05, 0) is 45.6 Å². The van der Waals surface area contributed by atoms with E-state index in [2.05, 4.69) is 5.32 Å². The van der Waals surface area contributed by atoms with E-state index >= 15 is 0 Å². The fourth-order valence-corrected chi connectivity index (χ4v) is 3.00. The summed E-state index contributed by atoms with van der Waals surface area (Å²) in [6.45, 7) is 3.56. The fraction of sp³-hybridized carbons (Fsp3) is 0.923. The Morgan fingerprint density at radius 2 is 2.06 bits per heavy atom. The lowest BCUT2D eigenvalue weighted by Gasteiger charge is -2.40. The third-order valence-electron chi connectivity index (χ3n) is 4.00. The van der Waals surface area contributed by atoms with Crippen molar-refractivity contribution in [3.8, 4) is 0 Å². The second kappa shape index (κ2) is 5.83. The fourth-order valence-electron chi connectivity index (χ4n) is 3.00. The molecule has 3 atom stereocenters. The molecule has 98 valence electrons. The van der Waals surface area contributed by atoms with Crippen LogP contribution in [0.2, 0.25) is 0 Å². The van der Waals surface area contributed by atoms with Crippen LogP contribution in [0.5, 0.6) is 0 Å². The number of hydrogen-bond acceptors (Lipinski definition) is 3. The highest BCUT2D eigenvalue weighted by Gasteiger charge is 2.33. The minimum Gasteiger partial charge on any atom is -0.391 e. The molecule has 0 bridgehead atoms. The molecule has 0 aliphatic carbocycles. The summed E-state index contributed by atoms with van der Waals surface area (Å²) in [6, 6.07) is 0.0167. The Kier molecular flexibility index (Phi) is 4.40. The molecule has 2 aliphatic rings. The maximum absolute atomic E-state index is 12.4. The minimum absolute atomic E-state index is 0.0110. The van der Waals surface area contributed by atoms with Crippen LogP contribution in [-0.4, -0.2) is 47.2 Å². The number of aliphatic hydroxyl groups is 1. The molecule has 4 heteroatoms. The first-order valence-electron chi connectivity index (χ1n) is 6.92. The highest BCUT2D eigenvalue weighted by molar-refractivity contribution is 5.82. The van der Waals surface area contributed by atoms with Crippen molar-refractivity contribution >= 4 is 5.91 Å². The van der Waals surface area contributed by atoms with Crippen LogP contribution in [0.15, 0.2) is 0 Å². The molecule has 0 aromatic carbocycles. The van der Waals surface area contributed by atoms with Gasteiger partial charge in [-0.15, -0.1) is 0 Å². The smallest absolute Gasteiger partial charge is 0.240 e. The number of rotatable bonds is 2. The summed E-state index contributed by atoms with van der Waals surface area (Å²) in [5.74, 6) is 0.204. The molecule has 0 aromatic heterocycles. The predicted molar refractivity (Wildman–Crippen MR) is 66.7 cm³/mol. The topological polar surface area (TPSA) is 52.6 Å². The van der Waals surface area contributed by atoms with Crippen molar-refractivity contribution < 1.29 is 9.90 Å². The monoisotopic (exact) mass is 240 g/mol. The zero-order valence-electron chi connectivity index (χ0n) is 10.7. The van der Waals surface area contributed by atoms with Gasteiger partial charge in [-0.3, -0.25) is 4.79 Å². The average molecular weight is 240 g/mol. The molecule has 2 fully saturated rings. The van der Waals surface area contributed by atoms with Crippen LogP contribution < -0.4 is 5.32 Å². The molecule has 0 radical (unpaired) electrons. The summed E-state index contributed by atoms with van der Waals surface area (Å²) in [5, 5.41) is 13.1. The van der Waals surface area contributed by atoms with Gasteiger partial charge in [-0.1, -0.05) is 6.42 Å². The number of nitrogens with one attached hydrogen (secondary N) is 1. The number of likely N-dealkylation sites (tertiary alicyclic amines) is 1. The highest BCUT2D eigenvalue weighted by Crippen LogP contribution is 2.22. The third-order valence-corrected chi connectivity index (χ3v) is 4.00. The summed E-state index contributed by atoms with van der Waals surface area (Å²) >= 11 is 0. The Labute approximate surface area is 103 Å². The number of carbonyl (C=O) groups excluding carboxylic acids is 1. The highest BCUT2D eigenvalue weighted by atomic mass is 16.3. The van der Waals surface area contributed by atoms with Crippen LogP contribution in [0, 0.1) is 0 Å².